The number of hydrogen-bond acceptors (Lipinski definition) is 3. The Kier molecular flexibility index (Phi) is 6.17. The smallest absolute Gasteiger partial charge is 0.0564 e. The van der Waals surface area contributed by atoms with Gasteiger partial charge in [-0.25, -0.2) is 0 Å². The summed E-state index contributed by atoms with van der Waals surface area (Å²) in [6.45, 7) is 11.9. The minimum atomic E-state index is 0.396. The molecule has 0 aromatic carbocycles. The van der Waals surface area contributed by atoms with Crippen LogP contribution in [0.1, 0.15) is 43.5 Å². The van der Waals surface area contributed by atoms with Crippen LogP contribution in [0.15, 0.2) is 12.1 Å². The minimum absolute atomic E-state index is 0.396. The fourth-order valence-electron chi connectivity index (χ4n) is 2.15. The first kappa shape index (κ1) is 14.7. The highest BCUT2D eigenvalue weighted by Crippen LogP contribution is 2.28. The van der Waals surface area contributed by atoms with Crippen LogP contribution < -0.4 is 5.73 Å². The van der Waals surface area contributed by atoms with E-state index in [1.54, 1.807) is 0 Å². The number of nitrogens with zero attached hydrogens (tertiary/aromatic N) is 1. The second-order valence-electron chi connectivity index (χ2n) is 4.89. The summed E-state index contributed by atoms with van der Waals surface area (Å²) in [7, 11) is 0. The van der Waals surface area contributed by atoms with Gasteiger partial charge in [-0.3, -0.25) is 4.90 Å². The van der Waals surface area contributed by atoms with Crippen LogP contribution in [-0.4, -0.2) is 24.5 Å². The molecule has 0 fully saturated rings. The zero-order valence-electron chi connectivity index (χ0n) is 11.6. The lowest BCUT2D eigenvalue weighted by molar-refractivity contribution is 0.192. The molecule has 2 nitrogen and oxygen atoms in total. The molecule has 0 saturated heterocycles. The minimum Gasteiger partial charge on any atom is -0.329 e. The SMILES string of the molecule is CCc1ccc(C(CN)N(CC)CC(C)C)s1. The fraction of sp³-hybridized carbons (Fsp3) is 0.714. The van der Waals surface area contributed by atoms with Crippen LogP contribution in [0.25, 0.3) is 0 Å². The Morgan fingerprint density at radius 2 is 2.00 bits per heavy atom. The van der Waals surface area contributed by atoms with Gasteiger partial charge < -0.3 is 5.73 Å². The summed E-state index contributed by atoms with van der Waals surface area (Å²) >= 11 is 1.91. The van der Waals surface area contributed by atoms with Crippen molar-refractivity contribution in [1.82, 2.24) is 4.90 Å². The third kappa shape index (κ3) is 4.09. The fourth-order valence-corrected chi connectivity index (χ4v) is 3.26. The normalized spacial score (nSPS) is 13.6. The van der Waals surface area contributed by atoms with Gasteiger partial charge in [0.05, 0.1) is 6.04 Å². The van der Waals surface area contributed by atoms with Crippen LogP contribution in [0.3, 0.4) is 0 Å². The zero-order chi connectivity index (χ0) is 12.8. The van der Waals surface area contributed by atoms with E-state index in [-0.39, 0.29) is 0 Å². The lowest BCUT2D eigenvalue weighted by Gasteiger charge is -2.30. The monoisotopic (exact) mass is 254 g/mol. The first-order chi connectivity index (χ1) is 8.12. The van der Waals surface area contributed by atoms with Crippen LogP contribution >= 0.6 is 11.3 Å². The molecule has 0 aliphatic carbocycles. The molecule has 98 valence electrons. The predicted molar refractivity (Wildman–Crippen MR) is 77.6 cm³/mol. The molecule has 0 saturated carbocycles. The topological polar surface area (TPSA) is 29.3 Å². The summed E-state index contributed by atoms with van der Waals surface area (Å²) in [6, 6.07) is 4.89. The molecular formula is C14H26N2S. The molecule has 1 aromatic heterocycles. The summed E-state index contributed by atoms with van der Waals surface area (Å²) in [5, 5.41) is 0. The van der Waals surface area contributed by atoms with E-state index >= 15 is 0 Å². The number of thiophene rings is 1. The van der Waals surface area contributed by atoms with Gasteiger partial charge in [-0.2, -0.15) is 0 Å². The number of likely N-dealkylation sites (N-methyl/N-ethyl adjacent to an activating group) is 1. The van der Waals surface area contributed by atoms with Crippen LogP contribution in [0.2, 0.25) is 0 Å². The Balaban J connectivity index is 2.80. The van der Waals surface area contributed by atoms with Gasteiger partial charge in [0.25, 0.3) is 0 Å². The molecule has 1 aromatic rings. The van der Waals surface area contributed by atoms with E-state index in [0.29, 0.717) is 18.5 Å². The van der Waals surface area contributed by atoms with Gasteiger partial charge in [0.15, 0.2) is 0 Å². The summed E-state index contributed by atoms with van der Waals surface area (Å²) in [5.74, 6) is 0.689. The van der Waals surface area contributed by atoms with Crippen LogP contribution in [0.5, 0.6) is 0 Å². The molecule has 1 unspecified atom stereocenters. The Hall–Kier alpha value is -0.380. The third-order valence-corrected chi connectivity index (χ3v) is 4.36. The molecule has 0 aliphatic heterocycles. The molecule has 1 heterocycles. The maximum atomic E-state index is 5.97. The van der Waals surface area contributed by atoms with Crippen molar-refractivity contribution in [2.24, 2.45) is 11.7 Å². The van der Waals surface area contributed by atoms with Crippen molar-refractivity contribution < 1.29 is 0 Å². The van der Waals surface area contributed by atoms with E-state index in [4.69, 9.17) is 5.73 Å². The second kappa shape index (κ2) is 7.14. The first-order valence-corrected chi connectivity index (χ1v) is 7.46. The standard InChI is InChI=1S/C14H26N2S/c1-5-12-7-8-14(17-12)13(9-15)16(6-2)10-11(3)4/h7-8,11,13H,5-6,9-10,15H2,1-4H3. The van der Waals surface area contributed by atoms with Crippen molar-refractivity contribution in [2.75, 3.05) is 19.6 Å². The molecule has 2 N–H and O–H groups in total. The Bertz CT molecular complexity index is 320. The lowest BCUT2D eigenvalue weighted by atomic mass is 10.1. The van der Waals surface area contributed by atoms with Gasteiger partial charge in [0.1, 0.15) is 0 Å². The molecular weight excluding hydrogens is 228 g/mol. The summed E-state index contributed by atoms with van der Waals surface area (Å²) in [5.41, 5.74) is 5.97. The Morgan fingerprint density at radius 1 is 1.29 bits per heavy atom. The number of aryl methyl sites for hydroxylation is 1. The molecule has 1 rings (SSSR count). The summed E-state index contributed by atoms with van der Waals surface area (Å²) in [6.07, 6.45) is 1.12. The van der Waals surface area contributed by atoms with Crippen molar-refractivity contribution in [2.45, 2.75) is 40.2 Å². The van der Waals surface area contributed by atoms with E-state index in [1.807, 2.05) is 11.3 Å². The zero-order valence-corrected chi connectivity index (χ0v) is 12.4. The number of hydrogen-bond donors (Lipinski definition) is 1. The van der Waals surface area contributed by atoms with Crippen molar-refractivity contribution in [3.8, 4) is 0 Å². The lowest BCUT2D eigenvalue weighted by Crippen LogP contribution is -2.35. The van der Waals surface area contributed by atoms with Gasteiger partial charge in [0, 0.05) is 22.8 Å². The van der Waals surface area contributed by atoms with E-state index in [1.165, 1.54) is 9.75 Å². The van der Waals surface area contributed by atoms with E-state index in [9.17, 15) is 0 Å². The van der Waals surface area contributed by atoms with Gasteiger partial charge >= 0.3 is 0 Å². The highest BCUT2D eigenvalue weighted by Gasteiger charge is 2.19. The molecule has 0 aliphatic rings. The van der Waals surface area contributed by atoms with Crippen LogP contribution in [0, 0.1) is 5.92 Å². The molecule has 3 heteroatoms. The Morgan fingerprint density at radius 3 is 2.41 bits per heavy atom. The van der Waals surface area contributed by atoms with Crippen molar-refractivity contribution in [3.05, 3.63) is 21.9 Å². The Labute approximate surface area is 110 Å². The predicted octanol–water partition coefficient (Wildman–Crippen LogP) is 3.29. The van der Waals surface area contributed by atoms with Crippen molar-refractivity contribution in [3.63, 3.8) is 0 Å². The highest BCUT2D eigenvalue weighted by atomic mass is 32.1. The number of nitrogens with two attached hydrogens (primary N) is 1. The quantitative estimate of drug-likeness (QED) is 0.809. The van der Waals surface area contributed by atoms with E-state index in [2.05, 4.69) is 44.7 Å². The maximum absolute atomic E-state index is 5.97. The van der Waals surface area contributed by atoms with E-state index in [0.717, 1.165) is 19.5 Å². The molecule has 17 heavy (non-hydrogen) atoms. The van der Waals surface area contributed by atoms with E-state index < -0.39 is 0 Å². The molecule has 0 radical (unpaired) electrons. The van der Waals surface area contributed by atoms with Gasteiger partial charge in [-0.15, -0.1) is 11.3 Å². The first-order valence-electron chi connectivity index (χ1n) is 6.65. The largest absolute Gasteiger partial charge is 0.329 e. The second-order valence-corrected chi connectivity index (χ2v) is 6.09. The molecule has 1 atom stereocenters. The maximum Gasteiger partial charge on any atom is 0.0564 e. The van der Waals surface area contributed by atoms with Crippen LogP contribution in [0.4, 0.5) is 0 Å². The summed E-state index contributed by atoms with van der Waals surface area (Å²) < 4.78 is 0. The third-order valence-electron chi connectivity index (χ3n) is 3.03. The van der Waals surface area contributed by atoms with Crippen LogP contribution in [-0.2, 0) is 6.42 Å². The van der Waals surface area contributed by atoms with Crippen molar-refractivity contribution in [1.29, 1.82) is 0 Å². The van der Waals surface area contributed by atoms with Gasteiger partial charge in [-0.1, -0.05) is 27.7 Å². The molecule has 0 amide bonds. The average molecular weight is 254 g/mol. The van der Waals surface area contributed by atoms with Gasteiger partial charge in [0.2, 0.25) is 0 Å². The summed E-state index contributed by atoms with van der Waals surface area (Å²) in [4.78, 5) is 5.38. The molecule has 0 bridgehead atoms. The molecule has 0 spiro atoms. The number of rotatable bonds is 7. The highest BCUT2D eigenvalue weighted by molar-refractivity contribution is 7.12. The van der Waals surface area contributed by atoms with Crippen molar-refractivity contribution >= 4 is 11.3 Å². The average Bonchev–Trinajstić information content (AvgIpc) is 2.76. The van der Waals surface area contributed by atoms with Gasteiger partial charge in [-0.05, 0) is 31.0 Å².